The second-order valence-electron chi connectivity index (χ2n) is 10.1. The van der Waals surface area contributed by atoms with Crippen molar-refractivity contribution in [1.29, 1.82) is 0 Å². The highest BCUT2D eigenvalue weighted by molar-refractivity contribution is 7.07. The summed E-state index contributed by atoms with van der Waals surface area (Å²) in [7, 11) is 3.24. The van der Waals surface area contributed by atoms with E-state index < -0.39 is 6.04 Å². The number of fused-ring (bicyclic) bond motifs is 2. The Hall–Kier alpha value is -4.21. The quantitative estimate of drug-likeness (QED) is 0.351. The molecule has 9 heteroatoms. The molecule has 3 heterocycles. The Kier molecular flexibility index (Phi) is 7.23. The highest BCUT2D eigenvalue weighted by Gasteiger charge is 2.34. The average Bonchev–Trinajstić information content (AvgIpc) is 3.30. The molecule has 8 nitrogen and oxygen atoms in total. The first-order valence-corrected chi connectivity index (χ1v) is 14.3. The molecule has 0 spiro atoms. The van der Waals surface area contributed by atoms with Gasteiger partial charge in [-0.15, -0.1) is 0 Å². The summed E-state index contributed by atoms with van der Waals surface area (Å²) in [6.07, 6.45) is 1.84. The van der Waals surface area contributed by atoms with Gasteiger partial charge in [-0.3, -0.25) is 14.2 Å². The first-order valence-electron chi connectivity index (χ1n) is 13.5. The van der Waals surface area contributed by atoms with Gasteiger partial charge in [-0.05, 0) is 48.9 Å². The Morgan fingerprint density at radius 3 is 2.54 bits per heavy atom. The molecule has 0 N–H and O–H groups in total. The number of ketones is 1. The van der Waals surface area contributed by atoms with E-state index in [4.69, 9.17) is 19.2 Å². The zero-order valence-corrected chi connectivity index (χ0v) is 24.3. The van der Waals surface area contributed by atoms with Gasteiger partial charge in [-0.2, -0.15) is 0 Å². The van der Waals surface area contributed by atoms with Gasteiger partial charge in [0.25, 0.3) is 5.56 Å². The van der Waals surface area contributed by atoms with Gasteiger partial charge < -0.3 is 19.1 Å². The molecule has 4 aromatic rings. The molecule has 0 bridgehead atoms. The number of carbonyl (C=O) groups is 1. The molecule has 0 saturated carbocycles. The Morgan fingerprint density at radius 1 is 1.05 bits per heavy atom. The number of morpholine rings is 1. The largest absolute Gasteiger partial charge is 0.496 e. The molecule has 1 fully saturated rings. The van der Waals surface area contributed by atoms with Gasteiger partial charge in [0.15, 0.2) is 10.6 Å². The molecule has 41 heavy (non-hydrogen) atoms. The van der Waals surface area contributed by atoms with E-state index >= 15 is 0 Å². The topological polar surface area (TPSA) is 82.4 Å². The van der Waals surface area contributed by atoms with Gasteiger partial charge in [-0.1, -0.05) is 41.7 Å². The number of ether oxygens (including phenoxy) is 3. The Morgan fingerprint density at radius 2 is 1.80 bits per heavy atom. The first-order chi connectivity index (χ1) is 19.9. The number of rotatable bonds is 6. The van der Waals surface area contributed by atoms with Crippen molar-refractivity contribution in [3.63, 3.8) is 0 Å². The number of aromatic nitrogens is 1. The van der Waals surface area contributed by atoms with Crippen LogP contribution in [0.2, 0.25) is 0 Å². The zero-order valence-electron chi connectivity index (χ0n) is 23.5. The van der Waals surface area contributed by atoms with Crippen LogP contribution in [0, 0.1) is 0 Å². The maximum absolute atomic E-state index is 14.2. The smallest absolute Gasteiger partial charge is 0.271 e. The molecule has 3 aromatic carbocycles. The van der Waals surface area contributed by atoms with E-state index in [1.165, 1.54) is 18.3 Å². The van der Waals surface area contributed by atoms with Crippen molar-refractivity contribution >= 4 is 39.7 Å². The molecule has 1 saturated heterocycles. The number of methoxy groups -OCH3 is 2. The van der Waals surface area contributed by atoms with Crippen LogP contribution in [0.4, 0.5) is 5.69 Å². The van der Waals surface area contributed by atoms with E-state index in [2.05, 4.69) is 4.90 Å². The first kappa shape index (κ1) is 27.0. The monoisotopic (exact) mass is 569 g/mol. The molecule has 0 amide bonds. The van der Waals surface area contributed by atoms with Gasteiger partial charge in [0.2, 0.25) is 0 Å². The van der Waals surface area contributed by atoms with Crippen LogP contribution >= 0.6 is 11.3 Å². The summed E-state index contributed by atoms with van der Waals surface area (Å²) in [5.74, 6) is 1.14. The fraction of sp³-hybridized carbons (Fsp3) is 0.281. The lowest BCUT2D eigenvalue weighted by molar-refractivity contribution is -0.114. The maximum atomic E-state index is 14.2. The van der Waals surface area contributed by atoms with Crippen LogP contribution in [0.1, 0.15) is 31.0 Å². The molecule has 210 valence electrons. The van der Waals surface area contributed by atoms with E-state index in [1.807, 2.05) is 67.6 Å². The van der Waals surface area contributed by atoms with Crippen LogP contribution in [0.3, 0.4) is 0 Å². The number of anilines is 1. The van der Waals surface area contributed by atoms with Crippen LogP contribution in [0.15, 0.2) is 75.7 Å². The highest BCUT2D eigenvalue weighted by Crippen LogP contribution is 2.40. The number of hydrogen-bond donors (Lipinski definition) is 0. The van der Waals surface area contributed by atoms with Crippen molar-refractivity contribution in [2.24, 2.45) is 4.99 Å². The molecule has 2 aliphatic heterocycles. The standard InChI is InChI=1S/C32H31N3O5S/c1-19-28(20(2)36)30(29-24-8-6-5-7-21(24)10-12-25(29)38-3)35-31(37)27(41-32(35)33-19)17-22-9-11-23(18-26(22)39-4)34-13-15-40-16-14-34/h5-12,17-18,30H,13-16H2,1-4H3/b27-17-/t30-/m1/s1. The minimum absolute atomic E-state index is 0.138. The van der Waals surface area contributed by atoms with Crippen LogP contribution in [0.25, 0.3) is 16.8 Å². The number of Topliss-reactive ketones (excluding diaryl/α,β-unsaturated/α-hetero) is 1. The van der Waals surface area contributed by atoms with Crippen LogP contribution in [0.5, 0.6) is 11.5 Å². The summed E-state index contributed by atoms with van der Waals surface area (Å²) < 4.78 is 19.2. The molecular weight excluding hydrogens is 538 g/mol. The minimum Gasteiger partial charge on any atom is -0.496 e. The fourth-order valence-electron chi connectivity index (χ4n) is 5.76. The number of allylic oxidation sites excluding steroid dienone is 2. The number of carbonyl (C=O) groups excluding carboxylic acids is 1. The molecule has 1 aromatic heterocycles. The predicted octanol–water partition coefficient (Wildman–Crippen LogP) is 3.83. The minimum atomic E-state index is -0.683. The van der Waals surface area contributed by atoms with Crippen LogP contribution in [-0.2, 0) is 9.53 Å². The van der Waals surface area contributed by atoms with Crippen LogP contribution in [-0.4, -0.2) is 50.9 Å². The second-order valence-corrected chi connectivity index (χ2v) is 11.1. The van der Waals surface area contributed by atoms with Crippen molar-refractivity contribution in [3.8, 4) is 11.5 Å². The van der Waals surface area contributed by atoms with Gasteiger partial charge in [0.1, 0.15) is 11.5 Å². The summed E-state index contributed by atoms with van der Waals surface area (Å²) in [6, 6.07) is 17.1. The number of nitrogens with zero attached hydrogens (tertiary/aromatic N) is 3. The maximum Gasteiger partial charge on any atom is 0.271 e. The number of thiazole rings is 1. The number of hydrogen-bond acceptors (Lipinski definition) is 8. The lowest BCUT2D eigenvalue weighted by Gasteiger charge is -2.29. The third kappa shape index (κ3) is 4.75. The lowest BCUT2D eigenvalue weighted by Crippen LogP contribution is -2.39. The average molecular weight is 570 g/mol. The lowest BCUT2D eigenvalue weighted by atomic mass is 9.89. The van der Waals surface area contributed by atoms with E-state index in [1.54, 1.807) is 18.8 Å². The van der Waals surface area contributed by atoms with Gasteiger partial charge >= 0.3 is 0 Å². The summed E-state index contributed by atoms with van der Waals surface area (Å²) in [5, 5.41) is 1.91. The fourth-order valence-corrected chi connectivity index (χ4v) is 6.80. The Balaban J connectivity index is 1.55. The van der Waals surface area contributed by atoms with Gasteiger partial charge in [-0.25, -0.2) is 4.99 Å². The molecule has 6 rings (SSSR count). The third-order valence-corrected chi connectivity index (χ3v) is 8.69. The second kappa shape index (κ2) is 11.0. The molecular formula is C32H31N3O5S. The molecule has 0 unspecified atom stereocenters. The van der Waals surface area contributed by atoms with Crippen molar-refractivity contribution in [3.05, 3.63) is 96.7 Å². The normalized spacial score (nSPS) is 17.4. The predicted molar refractivity (Wildman–Crippen MR) is 161 cm³/mol. The van der Waals surface area contributed by atoms with Crippen molar-refractivity contribution in [2.75, 3.05) is 45.4 Å². The summed E-state index contributed by atoms with van der Waals surface area (Å²) in [6.45, 7) is 6.36. The third-order valence-electron chi connectivity index (χ3n) is 7.70. The molecule has 0 radical (unpaired) electrons. The van der Waals surface area contributed by atoms with Gasteiger partial charge in [0.05, 0.1) is 38.0 Å². The molecule has 1 atom stereocenters. The van der Waals surface area contributed by atoms with Crippen molar-refractivity contribution < 1.29 is 19.0 Å². The summed E-state index contributed by atoms with van der Waals surface area (Å²) in [4.78, 5) is 34.8. The van der Waals surface area contributed by atoms with Gasteiger partial charge in [0, 0.05) is 47.2 Å². The SMILES string of the molecule is COc1cc(N2CCOCC2)ccc1/C=c1\sc2n(c1=O)[C@@H](c1c(OC)ccc3ccccc13)C(C(C)=O)=C(C)N=2. The van der Waals surface area contributed by atoms with Crippen molar-refractivity contribution in [1.82, 2.24) is 4.57 Å². The van der Waals surface area contributed by atoms with Crippen molar-refractivity contribution in [2.45, 2.75) is 19.9 Å². The summed E-state index contributed by atoms with van der Waals surface area (Å²) in [5.41, 5.74) is 3.46. The number of benzene rings is 3. The van der Waals surface area contributed by atoms with Crippen LogP contribution < -0.4 is 29.3 Å². The Bertz CT molecular complexity index is 1880. The molecule has 0 aliphatic carbocycles. The Labute approximate surface area is 241 Å². The molecule has 2 aliphatic rings. The van der Waals surface area contributed by atoms with E-state index in [0.29, 0.717) is 45.3 Å². The zero-order chi connectivity index (χ0) is 28.7. The van der Waals surface area contributed by atoms with E-state index in [0.717, 1.165) is 40.7 Å². The highest BCUT2D eigenvalue weighted by atomic mass is 32.1. The van der Waals surface area contributed by atoms with E-state index in [9.17, 15) is 9.59 Å². The van der Waals surface area contributed by atoms with E-state index in [-0.39, 0.29) is 11.3 Å². The summed E-state index contributed by atoms with van der Waals surface area (Å²) >= 11 is 1.30.